The van der Waals surface area contributed by atoms with Gasteiger partial charge in [0.25, 0.3) is 11.5 Å². The summed E-state index contributed by atoms with van der Waals surface area (Å²) in [5.41, 5.74) is 0.138. The van der Waals surface area contributed by atoms with E-state index in [0.717, 1.165) is 36.6 Å². The SMILES string of the molecule is CC(C)n1c(=O)c(C(=O)N[C@H]2CCCC[C@H](N(C)C(=O)OC(C)(C)C)C2)cc2ccccc21. The summed E-state index contributed by atoms with van der Waals surface area (Å²) in [7, 11) is 1.76. The molecule has 0 radical (unpaired) electrons. The topological polar surface area (TPSA) is 80.6 Å². The van der Waals surface area contributed by atoms with E-state index in [1.165, 1.54) is 0 Å². The molecule has 1 aliphatic carbocycles. The number of nitrogens with zero attached hydrogens (tertiary/aromatic N) is 2. The average molecular weight is 456 g/mol. The van der Waals surface area contributed by atoms with Crippen molar-refractivity contribution in [2.24, 2.45) is 0 Å². The second-order valence-corrected chi connectivity index (χ2v) is 10.3. The van der Waals surface area contributed by atoms with Gasteiger partial charge in [-0.25, -0.2) is 4.79 Å². The predicted molar refractivity (Wildman–Crippen MR) is 131 cm³/mol. The number of carbonyl (C=O) groups excluding carboxylic acids is 2. The van der Waals surface area contributed by atoms with E-state index in [0.29, 0.717) is 6.42 Å². The Morgan fingerprint density at radius 3 is 2.48 bits per heavy atom. The van der Waals surface area contributed by atoms with Crippen LogP contribution in [0.4, 0.5) is 4.79 Å². The summed E-state index contributed by atoms with van der Waals surface area (Å²) in [5.74, 6) is -0.356. The highest BCUT2D eigenvalue weighted by Crippen LogP contribution is 2.24. The molecule has 0 spiro atoms. The van der Waals surface area contributed by atoms with Crippen LogP contribution in [0.1, 0.15) is 83.1 Å². The second-order valence-electron chi connectivity index (χ2n) is 10.3. The van der Waals surface area contributed by atoms with Gasteiger partial charge in [-0.15, -0.1) is 0 Å². The molecule has 1 N–H and O–H groups in total. The summed E-state index contributed by atoms with van der Waals surface area (Å²) in [6.45, 7) is 9.43. The van der Waals surface area contributed by atoms with Gasteiger partial charge in [-0.3, -0.25) is 9.59 Å². The lowest BCUT2D eigenvalue weighted by Gasteiger charge is -2.31. The predicted octanol–water partition coefficient (Wildman–Crippen LogP) is 4.88. The molecule has 0 unspecified atom stereocenters. The summed E-state index contributed by atoms with van der Waals surface area (Å²) in [5, 5.41) is 3.95. The van der Waals surface area contributed by atoms with Crippen LogP contribution in [0.3, 0.4) is 0 Å². The molecule has 1 aromatic carbocycles. The van der Waals surface area contributed by atoms with Crippen LogP contribution in [-0.4, -0.2) is 46.2 Å². The Hall–Kier alpha value is -2.83. The largest absolute Gasteiger partial charge is 0.444 e. The molecule has 1 aliphatic rings. The van der Waals surface area contributed by atoms with Gasteiger partial charge in [0.2, 0.25) is 0 Å². The van der Waals surface area contributed by atoms with Crippen LogP contribution in [-0.2, 0) is 4.74 Å². The number of ether oxygens (including phenoxy) is 1. The molecular formula is C26H37N3O4. The third-order valence-corrected chi connectivity index (χ3v) is 6.17. The quantitative estimate of drug-likeness (QED) is 0.666. The number of carbonyl (C=O) groups is 2. The number of benzene rings is 1. The van der Waals surface area contributed by atoms with Crippen molar-refractivity contribution in [2.75, 3.05) is 7.05 Å². The number of fused-ring (bicyclic) bond motifs is 1. The maximum atomic E-state index is 13.2. The first-order valence-electron chi connectivity index (χ1n) is 11.9. The van der Waals surface area contributed by atoms with E-state index in [9.17, 15) is 14.4 Å². The summed E-state index contributed by atoms with van der Waals surface area (Å²) in [6.07, 6.45) is 3.88. The third kappa shape index (κ3) is 5.95. The van der Waals surface area contributed by atoms with Crippen LogP contribution in [0.25, 0.3) is 10.9 Å². The third-order valence-electron chi connectivity index (χ3n) is 6.17. The number of rotatable bonds is 4. The fourth-order valence-corrected chi connectivity index (χ4v) is 4.52. The minimum absolute atomic E-state index is 0.0309. The number of hydrogen-bond acceptors (Lipinski definition) is 4. The molecule has 2 aromatic rings. The zero-order valence-corrected chi connectivity index (χ0v) is 20.7. The number of pyridine rings is 1. The lowest BCUT2D eigenvalue weighted by atomic mass is 10.0. The normalized spacial score (nSPS) is 19.2. The lowest BCUT2D eigenvalue weighted by molar-refractivity contribution is 0.0203. The van der Waals surface area contributed by atoms with Crippen molar-refractivity contribution >= 4 is 22.9 Å². The van der Waals surface area contributed by atoms with Crippen LogP contribution < -0.4 is 10.9 Å². The molecule has 180 valence electrons. The van der Waals surface area contributed by atoms with Crippen LogP contribution in [0.15, 0.2) is 35.1 Å². The molecule has 1 saturated carbocycles. The van der Waals surface area contributed by atoms with Gasteiger partial charge in [-0.05, 0) is 71.4 Å². The Kier molecular flexibility index (Phi) is 7.50. The van der Waals surface area contributed by atoms with Gasteiger partial charge < -0.3 is 19.5 Å². The first kappa shape index (κ1) is 24.8. The molecule has 3 rings (SSSR count). The first-order chi connectivity index (χ1) is 15.5. The van der Waals surface area contributed by atoms with E-state index in [1.807, 2.05) is 58.9 Å². The summed E-state index contributed by atoms with van der Waals surface area (Å²) < 4.78 is 7.20. The zero-order valence-electron chi connectivity index (χ0n) is 20.7. The van der Waals surface area contributed by atoms with Gasteiger partial charge >= 0.3 is 6.09 Å². The van der Waals surface area contributed by atoms with Gasteiger partial charge in [0.05, 0.1) is 5.52 Å². The Balaban J connectivity index is 1.81. The van der Waals surface area contributed by atoms with E-state index in [2.05, 4.69) is 5.32 Å². The van der Waals surface area contributed by atoms with Crippen molar-refractivity contribution in [3.63, 3.8) is 0 Å². The highest BCUT2D eigenvalue weighted by Gasteiger charge is 2.30. The minimum atomic E-state index is -0.559. The van der Waals surface area contributed by atoms with Gasteiger partial charge in [-0.2, -0.15) is 0 Å². The van der Waals surface area contributed by atoms with E-state index in [-0.39, 0.29) is 41.2 Å². The number of amides is 2. The second kappa shape index (κ2) is 9.98. The highest BCUT2D eigenvalue weighted by molar-refractivity contribution is 5.97. The van der Waals surface area contributed by atoms with Crippen LogP contribution in [0, 0.1) is 0 Å². The van der Waals surface area contributed by atoms with Gasteiger partial charge in [0.15, 0.2) is 0 Å². The van der Waals surface area contributed by atoms with Crippen molar-refractivity contribution in [3.8, 4) is 0 Å². The summed E-state index contributed by atoms with van der Waals surface area (Å²) >= 11 is 0. The van der Waals surface area contributed by atoms with Gasteiger partial charge in [0, 0.05) is 25.2 Å². The molecule has 33 heavy (non-hydrogen) atoms. The van der Waals surface area contributed by atoms with E-state index in [1.54, 1.807) is 22.6 Å². The van der Waals surface area contributed by atoms with Crippen molar-refractivity contribution in [1.82, 2.24) is 14.8 Å². The number of hydrogen-bond donors (Lipinski definition) is 1. The first-order valence-corrected chi connectivity index (χ1v) is 11.9. The molecule has 1 heterocycles. The fourth-order valence-electron chi connectivity index (χ4n) is 4.52. The zero-order chi connectivity index (χ0) is 24.3. The molecule has 7 nitrogen and oxygen atoms in total. The molecule has 7 heteroatoms. The number of para-hydroxylation sites is 1. The molecule has 0 saturated heterocycles. The molecule has 2 atom stereocenters. The van der Waals surface area contributed by atoms with Crippen molar-refractivity contribution < 1.29 is 14.3 Å². The van der Waals surface area contributed by atoms with Crippen molar-refractivity contribution in [2.45, 2.75) is 90.4 Å². The van der Waals surface area contributed by atoms with Crippen molar-refractivity contribution in [3.05, 3.63) is 46.2 Å². The van der Waals surface area contributed by atoms with Crippen LogP contribution in [0.5, 0.6) is 0 Å². The maximum Gasteiger partial charge on any atom is 0.410 e. The van der Waals surface area contributed by atoms with Crippen LogP contribution in [0.2, 0.25) is 0 Å². The number of aromatic nitrogens is 1. The Morgan fingerprint density at radius 2 is 1.82 bits per heavy atom. The van der Waals surface area contributed by atoms with Crippen LogP contribution >= 0.6 is 0 Å². The molecule has 1 aromatic heterocycles. The summed E-state index contributed by atoms with van der Waals surface area (Å²) in [6, 6.07) is 9.09. The minimum Gasteiger partial charge on any atom is -0.444 e. The molecule has 0 aliphatic heterocycles. The average Bonchev–Trinajstić information content (AvgIpc) is 2.96. The van der Waals surface area contributed by atoms with E-state index in [4.69, 9.17) is 4.74 Å². The molecule has 0 bridgehead atoms. The van der Waals surface area contributed by atoms with Gasteiger partial charge in [-0.1, -0.05) is 31.0 Å². The Morgan fingerprint density at radius 1 is 1.15 bits per heavy atom. The lowest BCUT2D eigenvalue weighted by Crippen LogP contribution is -2.45. The highest BCUT2D eigenvalue weighted by atomic mass is 16.6. The Labute approximate surface area is 196 Å². The fraction of sp³-hybridized carbons (Fsp3) is 0.577. The standard InChI is InChI=1S/C26H37N3O4/c1-17(2)29-22-14-10-7-11-18(22)15-21(24(29)31)23(30)27-19-12-8-9-13-20(16-19)28(6)25(32)33-26(3,4)5/h7,10-11,14-15,17,19-20H,8-9,12-13,16H2,1-6H3,(H,27,30)/t19-,20-/m0/s1. The van der Waals surface area contributed by atoms with Gasteiger partial charge in [0.1, 0.15) is 11.2 Å². The smallest absolute Gasteiger partial charge is 0.410 e. The summed E-state index contributed by atoms with van der Waals surface area (Å²) in [4.78, 5) is 40.6. The molecular weight excluding hydrogens is 418 g/mol. The molecule has 1 fully saturated rings. The number of nitrogens with one attached hydrogen (secondary N) is 1. The maximum absolute atomic E-state index is 13.2. The van der Waals surface area contributed by atoms with E-state index >= 15 is 0 Å². The van der Waals surface area contributed by atoms with E-state index < -0.39 is 5.60 Å². The molecule has 2 amide bonds. The van der Waals surface area contributed by atoms with Crippen molar-refractivity contribution in [1.29, 1.82) is 0 Å². The Bertz CT molecular complexity index is 1070. The monoisotopic (exact) mass is 455 g/mol.